The van der Waals surface area contributed by atoms with Gasteiger partial charge in [0.25, 0.3) is 0 Å². The number of hydrogen-bond donors (Lipinski definition) is 0. The minimum Gasteiger partial charge on any atom is -0.381 e. The van der Waals surface area contributed by atoms with E-state index in [2.05, 4.69) is 4.18 Å². The topological polar surface area (TPSA) is 52.6 Å². The summed E-state index contributed by atoms with van der Waals surface area (Å²) in [4.78, 5) is 0. The molecule has 2 atom stereocenters. The number of ether oxygens (including phenoxy) is 1. The van der Waals surface area contributed by atoms with Gasteiger partial charge in [-0.25, -0.2) is 0 Å². The van der Waals surface area contributed by atoms with E-state index >= 15 is 0 Å². The van der Waals surface area contributed by atoms with Crippen molar-refractivity contribution in [1.29, 1.82) is 0 Å². The number of benzene rings is 2. The van der Waals surface area contributed by atoms with Crippen molar-refractivity contribution in [1.82, 2.24) is 0 Å². The van der Waals surface area contributed by atoms with Crippen molar-refractivity contribution in [3.8, 4) is 0 Å². The van der Waals surface area contributed by atoms with Crippen LogP contribution in [0.2, 0.25) is 5.02 Å². The minimum atomic E-state index is -5.76. The van der Waals surface area contributed by atoms with Crippen LogP contribution in [0.3, 0.4) is 0 Å². The zero-order valence-electron chi connectivity index (χ0n) is 14.6. The molecule has 0 aromatic heterocycles. The van der Waals surface area contributed by atoms with E-state index in [1.807, 2.05) is 30.3 Å². The quantitative estimate of drug-likeness (QED) is 0.354. The molecule has 0 bridgehead atoms. The Kier molecular flexibility index (Phi) is 5.74. The minimum absolute atomic E-state index is 0.191. The maximum atomic E-state index is 12.7. The second kappa shape index (κ2) is 7.77. The first-order valence-corrected chi connectivity index (χ1v) is 10.0. The van der Waals surface area contributed by atoms with E-state index in [9.17, 15) is 21.6 Å². The van der Waals surface area contributed by atoms with Crippen LogP contribution >= 0.6 is 11.6 Å². The van der Waals surface area contributed by atoms with Crippen molar-refractivity contribution < 1.29 is 30.5 Å². The molecule has 0 unspecified atom stereocenters. The van der Waals surface area contributed by atoms with Crippen LogP contribution in [0.5, 0.6) is 0 Å². The summed E-state index contributed by atoms with van der Waals surface area (Å²) < 4.78 is 71.4. The second-order valence-electron chi connectivity index (χ2n) is 6.24. The van der Waals surface area contributed by atoms with Crippen molar-refractivity contribution in [2.75, 3.05) is 0 Å². The highest BCUT2D eigenvalue weighted by atomic mass is 35.5. The summed E-state index contributed by atoms with van der Waals surface area (Å²) in [6, 6.07) is 15.7. The van der Waals surface area contributed by atoms with E-state index < -0.39 is 27.8 Å². The number of allylic oxidation sites excluding steroid dienone is 1. The van der Waals surface area contributed by atoms with Crippen LogP contribution in [-0.4, -0.2) is 13.9 Å². The van der Waals surface area contributed by atoms with Gasteiger partial charge in [-0.3, -0.25) is 0 Å². The van der Waals surface area contributed by atoms with Gasteiger partial charge in [-0.15, -0.1) is 0 Å². The lowest BCUT2D eigenvalue weighted by atomic mass is 9.97. The van der Waals surface area contributed by atoms with Crippen LogP contribution in [0.1, 0.15) is 36.7 Å². The summed E-state index contributed by atoms with van der Waals surface area (Å²) in [5.41, 5.74) is -3.74. The van der Waals surface area contributed by atoms with Gasteiger partial charge in [0.05, 0.1) is 6.10 Å². The second-order valence-corrected chi connectivity index (χ2v) is 8.21. The number of halogens is 4. The zero-order chi connectivity index (χ0) is 20.5. The van der Waals surface area contributed by atoms with Crippen LogP contribution in [-0.2, 0) is 19.0 Å². The van der Waals surface area contributed by atoms with Crippen molar-refractivity contribution in [2.24, 2.45) is 0 Å². The van der Waals surface area contributed by atoms with Crippen molar-refractivity contribution in [3.63, 3.8) is 0 Å². The van der Waals surface area contributed by atoms with Crippen molar-refractivity contribution >= 4 is 21.7 Å². The Morgan fingerprint density at radius 3 is 2.25 bits per heavy atom. The summed E-state index contributed by atoms with van der Waals surface area (Å²) >= 11 is 5.90. The Morgan fingerprint density at radius 1 is 1.07 bits per heavy atom. The summed E-state index contributed by atoms with van der Waals surface area (Å²) in [5.74, 6) is -0.351. The van der Waals surface area contributed by atoms with Crippen molar-refractivity contribution in [3.05, 3.63) is 82.1 Å². The van der Waals surface area contributed by atoms with Crippen LogP contribution in [0.4, 0.5) is 13.2 Å². The molecule has 0 N–H and O–H groups in total. The molecule has 1 fully saturated rings. The smallest absolute Gasteiger partial charge is 0.381 e. The van der Waals surface area contributed by atoms with Crippen LogP contribution in [0, 0.1) is 0 Å². The first-order chi connectivity index (χ1) is 13.1. The molecule has 0 saturated carbocycles. The molecular weight excluding hydrogens is 417 g/mol. The van der Waals surface area contributed by atoms with E-state index in [1.54, 1.807) is 24.3 Å². The Bertz CT molecular complexity index is 970. The van der Waals surface area contributed by atoms with Crippen LogP contribution in [0.15, 0.2) is 65.9 Å². The Morgan fingerprint density at radius 2 is 1.68 bits per heavy atom. The molecule has 0 spiro atoms. The monoisotopic (exact) mass is 432 g/mol. The summed E-state index contributed by atoms with van der Waals surface area (Å²) in [5, 5.41) is 0.486. The van der Waals surface area contributed by atoms with Gasteiger partial charge in [0.1, 0.15) is 11.9 Å². The van der Waals surface area contributed by atoms with Gasteiger partial charge in [-0.1, -0.05) is 54.1 Å². The Hall–Kier alpha value is -2.03. The predicted octanol–water partition coefficient (Wildman–Crippen LogP) is 5.68. The summed E-state index contributed by atoms with van der Waals surface area (Å²) in [7, 11) is -5.76. The van der Waals surface area contributed by atoms with Gasteiger partial charge in [0, 0.05) is 17.0 Å². The van der Waals surface area contributed by atoms with Gasteiger partial charge in [0.2, 0.25) is 0 Å². The van der Waals surface area contributed by atoms with Crippen LogP contribution in [0.25, 0.3) is 0 Å². The van der Waals surface area contributed by atoms with E-state index in [0.717, 1.165) is 5.56 Å². The average molecular weight is 433 g/mol. The number of hydrogen-bond acceptors (Lipinski definition) is 4. The molecule has 0 radical (unpaired) electrons. The predicted molar refractivity (Wildman–Crippen MR) is 97.8 cm³/mol. The maximum Gasteiger partial charge on any atom is 0.534 e. The van der Waals surface area contributed by atoms with E-state index in [0.29, 0.717) is 16.2 Å². The van der Waals surface area contributed by atoms with E-state index in [-0.39, 0.29) is 12.2 Å². The average Bonchev–Trinajstić information content (AvgIpc) is 3.07. The highest BCUT2D eigenvalue weighted by molar-refractivity contribution is 7.87. The number of alkyl halides is 3. The Balaban J connectivity index is 2.00. The normalized spacial score (nSPS) is 22.2. The highest BCUT2D eigenvalue weighted by Crippen LogP contribution is 2.47. The molecule has 28 heavy (non-hydrogen) atoms. The molecule has 1 aliphatic rings. The fourth-order valence-electron chi connectivity index (χ4n) is 2.98. The molecule has 1 saturated heterocycles. The maximum absolute atomic E-state index is 12.7. The van der Waals surface area contributed by atoms with Gasteiger partial charge in [-0.05, 0) is 30.2 Å². The molecule has 4 nitrogen and oxygen atoms in total. The SMILES string of the molecule is CC(OS(=O)(=O)C(F)(F)F)=C1C[C@@H](c2ccccc2)O[C@H]1c1ccc(Cl)cc1. The van der Waals surface area contributed by atoms with E-state index in [1.165, 1.54) is 6.92 Å². The van der Waals surface area contributed by atoms with Gasteiger partial charge in [-0.2, -0.15) is 21.6 Å². The molecule has 1 aliphatic heterocycles. The molecule has 0 aliphatic carbocycles. The highest BCUT2D eigenvalue weighted by Gasteiger charge is 2.49. The fourth-order valence-corrected chi connectivity index (χ4v) is 3.63. The summed E-state index contributed by atoms with van der Waals surface area (Å²) in [6.45, 7) is 1.19. The largest absolute Gasteiger partial charge is 0.534 e. The lowest BCUT2D eigenvalue weighted by Crippen LogP contribution is -2.25. The summed E-state index contributed by atoms with van der Waals surface area (Å²) in [6.07, 6.45) is -1.02. The molecule has 1 heterocycles. The third kappa shape index (κ3) is 4.34. The molecule has 2 aromatic rings. The zero-order valence-corrected chi connectivity index (χ0v) is 16.2. The fraction of sp³-hybridized carbons (Fsp3) is 0.263. The number of rotatable bonds is 4. The lowest BCUT2D eigenvalue weighted by Gasteiger charge is -2.17. The molecule has 150 valence electrons. The van der Waals surface area contributed by atoms with Gasteiger partial charge < -0.3 is 8.92 Å². The Labute approximate surface area is 165 Å². The molecule has 9 heteroatoms. The standard InChI is InChI=1S/C19H16ClF3O4S/c1-12(27-28(24,25)19(21,22)23)16-11-17(13-5-3-2-4-6-13)26-18(16)14-7-9-15(20)10-8-14/h2-10,17-18H,11H2,1H3/t17-,18-/m0/s1. The van der Waals surface area contributed by atoms with E-state index in [4.69, 9.17) is 16.3 Å². The third-order valence-electron chi connectivity index (χ3n) is 4.34. The molecule has 3 rings (SSSR count). The van der Waals surface area contributed by atoms with Crippen molar-refractivity contribution in [2.45, 2.75) is 31.1 Å². The van der Waals surface area contributed by atoms with Crippen LogP contribution < -0.4 is 0 Å². The molecule has 2 aromatic carbocycles. The third-order valence-corrected chi connectivity index (χ3v) is 5.62. The first-order valence-electron chi connectivity index (χ1n) is 8.25. The molecular formula is C19H16ClF3O4S. The molecule has 0 amide bonds. The van der Waals surface area contributed by atoms with Gasteiger partial charge in [0.15, 0.2) is 0 Å². The van der Waals surface area contributed by atoms with Gasteiger partial charge >= 0.3 is 15.6 Å². The lowest BCUT2D eigenvalue weighted by molar-refractivity contribution is -0.0522. The first kappa shape index (κ1) is 20.7.